The van der Waals surface area contributed by atoms with Gasteiger partial charge in [-0.1, -0.05) is 17.7 Å². The van der Waals surface area contributed by atoms with Gasteiger partial charge in [-0.2, -0.15) is 0 Å². The molecule has 0 aliphatic heterocycles. The quantitative estimate of drug-likeness (QED) is 0.925. The summed E-state index contributed by atoms with van der Waals surface area (Å²) in [7, 11) is 1.57. The van der Waals surface area contributed by atoms with E-state index < -0.39 is 0 Å². The van der Waals surface area contributed by atoms with Crippen LogP contribution in [0.15, 0.2) is 42.6 Å². The third-order valence-corrected chi connectivity index (χ3v) is 2.52. The Hall–Kier alpha value is -2.07. The molecule has 1 aromatic carbocycles. The number of hydrogen-bond acceptors (Lipinski definition) is 3. The van der Waals surface area contributed by atoms with E-state index in [0.717, 1.165) is 0 Å². The smallest absolute Gasteiger partial charge is 0.274 e. The standard InChI is InChI=1S/C13H11ClN2O2/c1-18-11-4-2-3-10(8-11)16-13(17)12-7-9(14)5-6-15-12/h2-8H,1H3,(H,16,17). The van der Waals surface area contributed by atoms with Crippen molar-refractivity contribution in [1.82, 2.24) is 4.98 Å². The maximum Gasteiger partial charge on any atom is 0.274 e. The molecule has 0 aliphatic rings. The highest BCUT2D eigenvalue weighted by Gasteiger charge is 2.08. The van der Waals surface area contributed by atoms with Crippen molar-refractivity contribution in [2.75, 3.05) is 12.4 Å². The predicted molar refractivity (Wildman–Crippen MR) is 70.2 cm³/mol. The Morgan fingerprint density at radius 1 is 1.33 bits per heavy atom. The first-order valence-electron chi connectivity index (χ1n) is 5.26. The summed E-state index contributed by atoms with van der Waals surface area (Å²) in [6, 6.07) is 10.2. The maximum absolute atomic E-state index is 11.9. The van der Waals surface area contributed by atoms with Gasteiger partial charge in [-0.3, -0.25) is 9.78 Å². The molecular weight excluding hydrogens is 252 g/mol. The molecule has 2 aromatic rings. The lowest BCUT2D eigenvalue weighted by atomic mass is 10.2. The number of amides is 1. The van der Waals surface area contributed by atoms with Gasteiger partial charge in [0.1, 0.15) is 11.4 Å². The minimum absolute atomic E-state index is 0.269. The van der Waals surface area contributed by atoms with Crippen molar-refractivity contribution in [1.29, 1.82) is 0 Å². The van der Waals surface area contributed by atoms with Crippen LogP contribution in [0.1, 0.15) is 10.5 Å². The summed E-state index contributed by atoms with van der Waals surface area (Å²) < 4.78 is 5.07. The van der Waals surface area contributed by atoms with E-state index in [0.29, 0.717) is 16.5 Å². The molecule has 0 aliphatic carbocycles. The van der Waals surface area contributed by atoms with Crippen molar-refractivity contribution in [3.63, 3.8) is 0 Å². The first-order chi connectivity index (χ1) is 8.69. The Kier molecular flexibility index (Phi) is 3.79. The number of nitrogens with zero attached hydrogens (tertiary/aromatic N) is 1. The van der Waals surface area contributed by atoms with Gasteiger partial charge in [0.05, 0.1) is 7.11 Å². The molecular formula is C13H11ClN2O2. The van der Waals surface area contributed by atoms with Crippen LogP contribution in [-0.2, 0) is 0 Å². The van der Waals surface area contributed by atoms with E-state index in [1.165, 1.54) is 12.3 Å². The van der Waals surface area contributed by atoms with E-state index in [9.17, 15) is 4.79 Å². The molecule has 1 N–H and O–H groups in total. The summed E-state index contributed by atoms with van der Waals surface area (Å²) in [6.07, 6.45) is 1.49. The van der Waals surface area contributed by atoms with Crippen LogP contribution in [0.25, 0.3) is 0 Å². The van der Waals surface area contributed by atoms with Gasteiger partial charge in [0.15, 0.2) is 0 Å². The van der Waals surface area contributed by atoms with Crippen molar-refractivity contribution in [3.05, 3.63) is 53.3 Å². The fraction of sp³-hybridized carbons (Fsp3) is 0.0769. The highest BCUT2D eigenvalue weighted by atomic mass is 35.5. The van der Waals surface area contributed by atoms with Crippen LogP contribution >= 0.6 is 11.6 Å². The lowest BCUT2D eigenvalue weighted by molar-refractivity contribution is 0.102. The maximum atomic E-state index is 11.9. The molecule has 0 bridgehead atoms. The number of ether oxygens (including phenoxy) is 1. The van der Waals surface area contributed by atoms with Gasteiger partial charge in [-0.15, -0.1) is 0 Å². The average Bonchev–Trinajstić information content (AvgIpc) is 2.39. The SMILES string of the molecule is COc1cccc(NC(=O)c2cc(Cl)ccn2)c1. The molecule has 0 unspecified atom stereocenters. The molecule has 18 heavy (non-hydrogen) atoms. The Morgan fingerprint density at radius 3 is 2.89 bits per heavy atom. The van der Waals surface area contributed by atoms with Crippen molar-refractivity contribution in [2.45, 2.75) is 0 Å². The summed E-state index contributed by atoms with van der Waals surface area (Å²) in [5.41, 5.74) is 0.909. The van der Waals surface area contributed by atoms with Crippen molar-refractivity contribution >= 4 is 23.2 Å². The van der Waals surface area contributed by atoms with Gasteiger partial charge < -0.3 is 10.1 Å². The monoisotopic (exact) mass is 262 g/mol. The number of carbonyl (C=O) groups excluding carboxylic acids is 1. The van der Waals surface area contributed by atoms with Gasteiger partial charge in [0.25, 0.3) is 5.91 Å². The van der Waals surface area contributed by atoms with Crippen molar-refractivity contribution in [3.8, 4) is 5.75 Å². The summed E-state index contributed by atoms with van der Waals surface area (Å²) in [5, 5.41) is 3.19. The van der Waals surface area contributed by atoms with E-state index in [2.05, 4.69) is 10.3 Å². The number of aromatic nitrogens is 1. The van der Waals surface area contributed by atoms with E-state index in [-0.39, 0.29) is 11.6 Å². The summed E-state index contributed by atoms with van der Waals surface area (Å²) >= 11 is 5.80. The summed E-state index contributed by atoms with van der Waals surface area (Å²) in [6.45, 7) is 0. The highest BCUT2D eigenvalue weighted by molar-refractivity contribution is 6.30. The number of hydrogen-bond donors (Lipinski definition) is 1. The van der Waals surface area contributed by atoms with Gasteiger partial charge in [0, 0.05) is 23.0 Å². The minimum Gasteiger partial charge on any atom is -0.497 e. The zero-order valence-electron chi connectivity index (χ0n) is 9.68. The summed E-state index contributed by atoms with van der Waals surface area (Å²) in [4.78, 5) is 15.8. The minimum atomic E-state index is -0.314. The summed E-state index contributed by atoms with van der Waals surface area (Å²) in [5.74, 6) is 0.359. The molecule has 0 atom stereocenters. The molecule has 4 nitrogen and oxygen atoms in total. The number of halogens is 1. The van der Waals surface area contributed by atoms with E-state index in [4.69, 9.17) is 16.3 Å². The van der Waals surface area contributed by atoms with Crippen LogP contribution in [0.2, 0.25) is 5.02 Å². The highest BCUT2D eigenvalue weighted by Crippen LogP contribution is 2.17. The normalized spacial score (nSPS) is 9.89. The van der Waals surface area contributed by atoms with Crippen LogP contribution in [0, 0.1) is 0 Å². The van der Waals surface area contributed by atoms with Crippen LogP contribution in [0.4, 0.5) is 5.69 Å². The van der Waals surface area contributed by atoms with Crippen LogP contribution < -0.4 is 10.1 Å². The largest absolute Gasteiger partial charge is 0.497 e. The lowest BCUT2D eigenvalue weighted by Gasteiger charge is -2.06. The molecule has 92 valence electrons. The number of carbonyl (C=O) groups is 1. The van der Waals surface area contributed by atoms with Gasteiger partial charge in [-0.05, 0) is 24.3 Å². The first kappa shape index (κ1) is 12.4. The molecule has 0 fully saturated rings. The Balaban J connectivity index is 2.16. The van der Waals surface area contributed by atoms with Crippen molar-refractivity contribution in [2.24, 2.45) is 0 Å². The number of anilines is 1. The topological polar surface area (TPSA) is 51.2 Å². The number of pyridine rings is 1. The van der Waals surface area contributed by atoms with Gasteiger partial charge in [-0.25, -0.2) is 0 Å². The molecule has 0 spiro atoms. The molecule has 2 rings (SSSR count). The number of rotatable bonds is 3. The Bertz CT molecular complexity index is 572. The second-order valence-electron chi connectivity index (χ2n) is 3.55. The molecule has 1 amide bonds. The third-order valence-electron chi connectivity index (χ3n) is 2.28. The average molecular weight is 263 g/mol. The fourth-order valence-electron chi connectivity index (χ4n) is 1.42. The predicted octanol–water partition coefficient (Wildman–Crippen LogP) is 3.00. The van der Waals surface area contributed by atoms with Gasteiger partial charge >= 0.3 is 0 Å². The second-order valence-corrected chi connectivity index (χ2v) is 3.98. The number of methoxy groups -OCH3 is 1. The molecule has 1 heterocycles. The Labute approximate surface area is 110 Å². The second kappa shape index (κ2) is 5.51. The van der Waals surface area contributed by atoms with Gasteiger partial charge in [0.2, 0.25) is 0 Å². The van der Waals surface area contributed by atoms with Crippen LogP contribution in [0.5, 0.6) is 5.75 Å². The van der Waals surface area contributed by atoms with E-state index in [1.54, 1.807) is 37.4 Å². The third kappa shape index (κ3) is 2.99. The molecule has 0 saturated heterocycles. The molecule has 5 heteroatoms. The number of nitrogens with one attached hydrogen (secondary N) is 1. The van der Waals surface area contributed by atoms with E-state index >= 15 is 0 Å². The van der Waals surface area contributed by atoms with Crippen LogP contribution in [0.3, 0.4) is 0 Å². The fourth-order valence-corrected chi connectivity index (χ4v) is 1.58. The number of benzene rings is 1. The van der Waals surface area contributed by atoms with Crippen molar-refractivity contribution < 1.29 is 9.53 Å². The zero-order valence-corrected chi connectivity index (χ0v) is 10.4. The molecule has 1 aromatic heterocycles. The zero-order chi connectivity index (χ0) is 13.0. The van der Waals surface area contributed by atoms with E-state index in [1.807, 2.05) is 0 Å². The first-order valence-corrected chi connectivity index (χ1v) is 5.64. The molecule has 0 radical (unpaired) electrons. The lowest BCUT2D eigenvalue weighted by Crippen LogP contribution is -2.13. The Morgan fingerprint density at radius 2 is 2.17 bits per heavy atom. The van der Waals surface area contributed by atoms with Crippen LogP contribution in [-0.4, -0.2) is 18.0 Å². The molecule has 0 saturated carbocycles.